The summed E-state index contributed by atoms with van der Waals surface area (Å²) in [6.45, 7) is 2.39. The molecule has 0 bridgehead atoms. The zero-order valence-electron chi connectivity index (χ0n) is 16.1. The lowest BCUT2D eigenvalue weighted by Crippen LogP contribution is -2.29. The van der Waals surface area contributed by atoms with Crippen molar-refractivity contribution in [2.45, 2.75) is 13.5 Å². The summed E-state index contributed by atoms with van der Waals surface area (Å²) >= 11 is 0. The van der Waals surface area contributed by atoms with Crippen molar-refractivity contribution in [3.05, 3.63) is 87.8 Å². The topological polar surface area (TPSA) is 69.6 Å². The van der Waals surface area contributed by atoms with Crippen molar-refractivity contribution in [1.29, 1.82) is 0 Å². The van der Waals surface area contributed by atoms with Crippen LogP contribution in [0.1, 0.15) is 21.5 Å². The second-order valence-electron chi connectivity index (χ2n) is 6.36. The van der Waals surface area contributed by atoms with E-state index < -0.39 is 5.91 Å². The zero-order valence-corrected chi connectivity index (χ0v) is 16.1. The molecule has 1 amide bonds. The number of amides is 1. The minimum Gasteiger partial charge on any atom is -0.497 e. The van der Waals surface area contributed by atoms with Crippen LogP contribution in [0.15, 0.2) is 65.6 Å². The van der Waals surface area contributed by atoms with Crippen molar-refractivity contribution < 1.29 is 14.3 Å². The van der Waals surface area contributed by atoms with Crippen LogP contribution in [-0.4, -0.2) is 24.7 Å². The summed E-state index contributed by atoms with van der Waals surface area (Å²) in [5.41, 5.74) is 2.24. The van der Waals surface area contributed by atoms with E-state index in [1.807, 2.05) is 31.2 Å². The van der Waals surface area contributed by atoms with Gasteiger partial charge in [0, 0.05) is 12.3 Å². The first-order chi connectivity index (χ1) is 13.5. The fraction of sp³-hybridized carbons (Fsp3) is 0.182. The monoisotopic (exact) mass is 378 g/mol. The summed E-state index contributed by atoms with van der Waals surface area (Å²) in [6.07, 6.45) is 1.67. The Morgan fingerprint density at radius 1 is 1.04 bits per heavy atom. The van der Waals surface area contributed by atoms with E-state index in [9.17, 15) is 9.59 Å². The third kappa shape index (κ3) is 4.23. The Labute approximate surface area is 163 Å². The molecule has 1 N–H and O–H groups in total. The zero-order chi connectivity index (χ0) is 20.1. The van der Waals surface area contributed by atoms with Crippen LogP contribution in [-0.2, 0) is 6.54 Å². The fourth-order valence-corrected chi connectivity index (χ4v) is 2.94. The molecule has 3 aromatic rings. The van der Waals surface area contributed by atoms with E-state index in [1.54, 1.807) is 30.5 Å². The third-order valence-electron chi connectivity index (χ3n) is 4.36. The molecule has 28 heavy (non-hydrogen) atoms. The summed E-state index contributed by atoms with van der Waals surface area (Å²) in [5.74, 6) is 0.543. The molecule has 0 aliphatic rings. The molecule has 0 aliphatic carbocycles. The van der Waals surface area contributed by atoms with Gasteiger partial charge in [-0.1, -0.05) is 29.8 Å². The van der Waals surface area contributed by atoms with Gasteiger partial charge in [0.05, 0.1) is 26.5 Å². The predicted octanol–water partition coefficient (Wildman–Crippen LogP) is 3.47. The maximum absolute atomic E-state index is 12.8. The van der Waals surface area contributed by atoms with E-state index in [2.05, 4.69) is 5.32 Å². The maximum Gasteiger partial charge on any atom is 0.263 e. The summed E-state index contributed by atoms with van der Waals surface area (Å²) in [4.78, 5) is 25.6. The van der Waals surface area contributed by atoms with E-state index in [4.69, 9.17) is 9.47 Å². The molecule has 0 unspecified atom stereocenters. The van der Waals surface area contributed by atoms with Gasteiger partial charge in [-0.05, 0) is 36.8 Å². The average molecular weight is 378 g/mol. The van der Waals surface area contributed by atoms with E-state index in [1.165, 1.54) is 24.9 Å². The van der Waals surface area contributed by atoms with Crippen LogP contribution in [0.25, 0.3) is 0 Å². The normalized spacial score (nSPS) is 10.4. The smallest absolute Gasteiger partial charge is 0.263 e. The van der Waals surface area contributed by atoms with Crippen molar-refractivity contribution >= 4 is 11.6 Å². The maximum atomic E-state index is 12.8. The first-order valence-electron chi connectivity index (χ1n) is 8.80. The molecule has 0 aliphatic heterocycles. The molecule has 1 aromatic heterocycles. The van der Waals surface area contributed by atoms with Crippen LogP contribution >= 0.6 is 0 Å². The minimum absolute atomic E-state index is 0.0556. The molecular formula is C22H22N2O4. The van der Waals surface area contributed by atoms with Gasteiger partial charge in [0.15, 0.2) is 0 Å². The van der Waals surface area contributed by atoms with Gasteiger partial charge in [-0.25, -0.2) is 0 Å². The van der Waals surface area contributed by atoms with Gasteiger partial charge in [-0.15, -0.1) is 0 Å². The number of pyridine rings is 1. The van der Waals surface area contributed by atoms with Crippen molar-refractivity contribution in [2.75, 3.05) is 19.5 Å². The third-order valence-corrected chi connectivity index (χ3v) is 4.36. The molecule has 0 atom stereocenters. The largest absolute Gasteiger partial charge is 0.497 e. The average Bonchev–Trinajstić information content (AvgIpc) is 2.69. The van der Waals surface area contributed by atoms with Crippen molar-refractivity contribution in [3.8, 4) is 11.5 Å². The Hall–Kier alpha value is -3.54. The van der Waals surface area contributed by atoms with Gasteiger partial charge in [0.1, 0.15) is 17.1 Å². The lowest BCUT2D eigenvalue weighted by molar-refractivity contribution is 0.102. The first kappa shape index (κ1) is 19.2. The second-order valence-corrected chi connectivity index (χ2v) is 6.36. The number of hydrogen-bond acceptors (Lipinski definition) is 4. The van der Waals surface area contributed by atoms with Crippen LogP contribution in [0.3, 0.4) is 0 Å². The molecule has 0 spiro atoms. The van der Waals surface area contributed by atoms with E-state index in [0.717, 1.165) is 11.1 Å². The quantitative estimate of drug-likeness (QED) is 0.713. The Morgan fingerprint density at radius 3 is 2.57 bits per heavy atom. The summed E-state index contributed by atoms with van der Waals surface area (Å²) in [7, 11) is 3.05. The van der Waals surface area contributed by atoms with Gasteiger partial charge in [-0.2, -0.15) is 0 Å². The number of aryl methyl sites for hydroxylation is 1. The number of methoxy groups -OCH3 is 2. The SMILES string of the molecule is COc1ccc(OC)c(NC(=O)c2cccn(Cc3cccc(C)c3)c2=O)c1. The van der Waals surface area contributed by atoms with Gasteiger partial charge in [-0.3, -0.25) is 9.59 Å². The number of hydrogen-bond donors (Lipinski definition) is 1. The van der Waals surface area contributed by atoms with Gasteiger partial charge < -0.3 is 19.4 Å². The lowest BCUT2D eigenvalue weighted by atomic mass is 10.1. The van der Waals surface area contributed by atoms with Crippen LogP contribution in [0, 0.1) is 6.92 Å². The van der Waals surface area contributed by atoms with Crippen molar-refractivity contribution in [2.24, 2.45) is 0 Å². The molecule has 3 rings (SSSR count). The number of rotatable bonds is 6. The standard InChI is InChI=1S/C22H22N2O4/c1-15-6-4-7-16(12-15)14-24-11-5-8-18(22(24)26)21(25)23-19-13-17(27-2)9-10-20(19)28-3/h4-13H,14H2,1-3H3,(H,23,25). The molecule has 0 saturated heterocycles. The number of nitrogens with one attached hydrogen (secondary N) is 1. The van der Waals surface area contributed by atoms with Gasteiger partial charge in [0.2, 0.25) is 0 Å². The number of nitrogens with zero attached hydrogens (tertiary/aromatic N) is 1. The minimum atomic E-state index is -0.504. The number of benzene rings is 2. The van der Waals surface area contributed by atoms with Crippen LogP contribution < -0.4 is 20.3 Å². The Morgan fingerprint density at radius 2 is 1.86 bits per heavy atom. The molecule has 0 radical (unpaired) electrons. The van der Waals surface area contributed by atoms with E-state index >= 15 is 0 Å². The van der Waals surface area contributed by atoms with Gasteiger partial charge >= 0.3 is 0 Å². The van der Waals surface area contributed by atoms with Crippen LogP contribution in [0.2, 0.25) is 0 Å². The van der Waals surface area contributed by atoms with Crippen molar-refractivity contribution in [1.82, 2.24) is 4.57 Å². The number of anilines is 1. The summed E-state index contributed by atoms with van der Waals surface area (Å²) in [6, 6.07) is 16.2. The Bertz CT molecular complexity index is 1060. The number of carbonyl (C=O) groups excluding carboxylic acids is 1. The lowest BCUT2D eigenvalue weighted by Gasteiger charge is -2.12. The number of ether oxygens (including phenoxy) is 2. The number of aromatic nitrogens is 1. The summed E-state index contributed by atoms with van der Waals surface area (Å²) < 4.78 is 12.0. The Balaban J connectivity index is 1.88. The highest BCUT2D eigenvalue weighted by atomic mass is 16.5. The van der Waals surface area contributed by atoms with E-state index in [-0.39, 0.29) is 11.1 Å². The van der Waals surface area contributed by atoms with Crippen molar-refractivity contribution in [3.63, 3.8) is 0 Å². The molecular weight excluding hydrogens is 356 g/mol. The predicted molar refractivity (Wildman–Crippen MR) is 108 cm³/mol. The summed E-state index contributed by atoms with van der Waals surface area (Å²) in [5, 5.41) is 2.74. The second kappa shape index (κ2) is 8.43. The van der Waals surface area contributed by atoms with Crippen LogP contribution in [0.4, 0.5) is 5.69 Å². The van der Waals surface area contributed by atoms with Gasteiger partial charge in [0.25, 0.3) is 11.5 Å². The molecule has 6 nitrogen and oxygen atoms in total. The highest BCUT2D eigenvalue weighted by Gasteiger charge is 2.15. The molecule has 1 heterocycles. The fourth-order valence-electron chi connectivity index (χ4n) is 2.94. The van der Waals surface area contributed by atoms with Crippen LogP contribution in [0.5, 0.6) is 11.5 Å². The van der Waals surface area contributed by atoms with E-state index in [0.29, 0.717) is 23.7 Å². The molecule has 6 heteroatoms. The molecule has 0 fully saturated rings. The first-order valence-corrected chi connectivity index (χ1v) is 8.80. The Kier molecular flexibility index (Phi) is 5.79. The highest BCUT2D eigenvalue weighted by molar-refractivity contribution is 6.04. The number of carbonyl (C=O) groups is 1. The molecule has 0 saturated carbocycles. The molecule has 2 aromatic carbocycles. The highest BCUT2D eigenvalue weighted by Crippen LogP contribution is 2.29. The molecule has 144 valence electrons.